The fourth-order valence-electron chi connectivity index (χ4n) is 2.49. The van der Waals surface area contributed by atoms with Crippen molar-refractivity contribution in [3.05, 3.63) is 89.7 Å². The zero-order valence-corrected chi connectivity index (χ0v) is 17.3. The third-order valence-electron chi connectivity index (χ3n) is 4.28. The van der Waals surface area contributed by atoms with Gasteiger partial charge in [-0.05, 0) is 54.8 Å². The van der Waals surface area contributed by atoms with Crippen LogP contribution in [0.2, 0.25) is 0 Å². The molecule has 1 heterocycles. The van der Waals surface area contributed by atoms with Gasteiger partial charge in [0.25, 0.3) is 5.91 Å². The molecule has 0 atom stereocenters. The van der Waals surface area contributed by atoms with Crippen LogP contribution in [0.5, 0.6) is 0 Å². The molecule has 0 aliphatic carbocycles. The van der Waals surface area contributed by atoms with Crippen molar-refractivity contribution in [2.75, 3.05) is 24.3 Å². The summed E-state index contributed by atoms with van der Waals surface area (Å²) in [5.74, 6) is 0.453. The summed E-state index contributed by atoms with van der Waals surface area (Å²) in [7, 11) is 3.95. The lowest BCUT2D eigenvalue weighted by Gasteiger charge is -2.12. The van der Waals surface area contributed by atoms with Crippen molar-refractivity contribution in [3.63, 3.8) is 0 Å². The van der Waals surface area contributed by atoms with Crippen LogP contribution < -0.4 is 10.2 Å². The number of benzene rings is 2. The number of hydrogen-bond donors (Lipinski definition) is 1. The highest BCUT2D eigenvalue weighted by molar-refractivity contribution is 6.02. The molecular formula is C24H29N3O. The van der Waals surface area contributed by atoms with Gasteiger partial charge in [-0.2, -0.15) is 0 Å². The summed E-state index contributed by atoms with van der Waals surface area (Å²) >= 11 is 0. The second kappa shape index (κ2) is 10.3. The number of pyridine rings is 1. The molecule has 0 saturated heterocycles. The van der Waals surface area contributed by atoms with Gasteiger partial charge in [0.1, 0.15) is 5.69 Å². The number of carbonyl (C=O) groups is 1. The molecule has 146 valence electrons. The van der Waals surface area contributed by atoms with E-state index in [0.29, 0.717) is 11.6 Å². The maximum absolute atomic E-state index is 11.8. The van der Waals surface area contributed by atoms with Gasteiger partial charge in [0.15, 0.2) is 0 Å². The van der Waals surface area contributed by atoms with E-state index in [1.807, 2.05) is 43.3 Å². The summed E-state index contributed by atoms with van der Waals surface area (Å²) in [5.41, 5.74) is 5.02. The first-order valence-electron chi connectivity index (χ1n) is 9.43. The quantitative estimate of drug-likeness (QED) is 0.653. The van der Waals surface area contributed by atoms with E-state index in [2.05, 4.69) is 55.3 Å². The number of amides is 1. The lowest BCUT2D eigenvalue weighted by molar-refractivity contribution is 0.102. The normalized spacial score (nSPS) is 10.1. The van der Waals surface area contributed by atoms with Crippen LogP contribution in [0, 0.1) is 6.92 Å². The Morgan fingerprint density at radius 3 is 2.07 bits per heavy atom. The maximum atomic E-state index is 11.8. The van der Waals surface area contributed by atoms with Crippen molar-refractivity contribution >= 4 is 17.3 Å². The fourth-order valence-corrected chi connectivity index (χ4v) is 2.49. The first-order valence-corrected chi connectivity index (χ1v) is 9.43. The molecule has 0 unspecified atom stereocenters. The Bertz CT molecular complexity index is 855. The van der Waals surface area contributed by atoms with Gasteiger partial charge in [-0.1, -0.05) is 49.7 Å². The van der Waals surface area contributed by atoms with Gasteiger partial charge in [-0.25, -0.2) is 0 Å². The highest BCUT2D eigenvalue weighted by atomic mass is 16.1. The Labute approximate surface area is 168 Å². The van der Waals surface area contributed by atoms with Crippen molar-refractivity contribution in [2.24, 2.45) is 0 Å². The third-order valence-corrected chi connectivity index (χ3v) is 4.28. The molecule has 4 nitrogen and oxygen atoms in total. The first kappa shape index (κ1) is 21.2. The molecule has 0 radical (unpaired) electrons. The summed E-state index contributed by atoms with van der Waals surface area (Å²) in [6.07, 6.45) is 1.60. The molecular weight excluding hydrogens is 346 g/mol. The van der Waals surface area contributed by atoms with Gasteiger partial charge in [0.05, 0.1) is 0 Å². The first-order chi connectivity index (χ1) is 13.4. The van der Waals surface area contributed by atoms with E-state index in [4.69, 9.17) is 0 Å². The molecule has 1 aromatic heterocycles. The average Bonchev–Trinajstić information content (AvgIpc) is 2.70. The van der Waals surface area contributed by atoms with E-state index in [1.54, 1.807) is 24.4 Å². The van der Waals surface area contributed by atoms with Crippen molar-refractivity contribution in [1.29, 1.82) is 0 Å². The minimum Gasteiger partial charge on any atom is -0.378 e. The van der Waals surface area contributed by atoms with E-state index in [-0.39, 0.29) is 5.91 Å². The molecule has 4 heteroatoms. The molecule has 1 N–H and O–H groups in total. The summed E-state index contributed by atoms with van der Waals surface area (Å²) in [4.78, 5) is 17.9. The second-order valence-electron chi connectivity index (χ2n) is 7.18. The zero-order chi connectivity index (χ0) is 20.5. The monoisotopic (exact) mass is 375 g/mol. The van der Waals surface area contributed by atoms with E-state index in [1.165, 1.54) is 11.1 Å². The molecule has 0 fully saturated rings. The average molecular weight is 376 g/mol. The molecule has 3 aromatic rings. The molecule has 0 bridgehead atoms. The smallest absolute Gasteiger partial charge is 0.274 e. The van der Waals surface area contributed by atoms with Crippen molar-refractivity contribution in [2.45, 2.75) is 26.7 Å². The lowest BCUT2D eigenvalue weighted by atomic mass is 10.0. The number of aryl methyl sites for hydroxylation is 1. The second-order valence-corrected chi connectivity index (χ2v) is 7.18. The van der Waals surface area contributed by atoms with Gasteiger partial charge >= 0.3 is 0 Å². The molecule has 1 amide bonds. The standard InChI is InChI=1S/C14H15N3O.C10H14/c1-17(2)12-8-6-11(7-9-12)16-14(18)13-5-3-4-10-15-13;1-8(2)10-6-4-9(3)5-7-10/h3-10H,1-2H3,(H,16,18);4-8H,1-3H3. The van der Waals surface area contributed by atoms with Crippen molar-refractivity contribution in [1.82, 2.24) is 4.98 Å². The van der Waals surface area contributed by atoms with Crippen LogP contribution in [-0.2, 0) is 0 Å². The number of rotatable bonds is 4. The Morgan fingerprint density at radius 2 is 1.57 bits per heavy atom. The van der Waals surface area contributed by atoms with Crippen LogP contribution in [0.4, 0.5) is 11.4 Å². The largest absolute Gasteiger partial charge is 0.378 e. The van der Waals surface area contributed by atoms with Crippen LogP contribution in [-0.4, -0.2) is 25.0 Å². The van der Waals surface area contributed by atoms with Gasteiger partial charge in [0, 0.05) is 31.7 Å². The lowest BCUT2D eigenvalue weighted by Crippen LogP contribution is -2.13. The third kappa shape index (κ3) is 6.54. The minimum atomic E-state index is -0.201. The van der Waals surface area contributed by atoms with Gasteiger partial charge in [-0.3, -0.25) is 9.78 Å². The van der Waals surface area contributed by atoms with Crippen LogP contribution >= 0.6 is 0 Å². The summed E-state index contributed by atoms with van der Waals surface area (Å²) in [6, 6.07) is 21.6. The summed E-state index contributed by atoms with van der Waals surface area (Å²) < 4.78 is 0. The van der Waals surface area contributed by atoms with Crippen molar-refractivity contribution in [3.8, 4) is 0 Å². The maximum Gasteiger partial charge on any atom is 0.274 e. The summed E-state index contributed by atoms with van der Waals surface area (Å²) in [6.45, 7) is 6.54. The molecule has 0 aliphatic rings. The molecule has 0 aliphatic heterocycles. The molecule has 0 spiro atoms. The van der Waals surface area contributed by atoms with Gasteiger partial charge < -0.3 is 10.2 Å². The predicted molar refractivity (Wildman–Crippen MR) is 118 cm³/mol. The van der Waals surface area contributed by atoms with E-state index >= 15 is 0 Å². The Balaban J connectivity index is 0.000000237. The Kier molecular flexibility index (Phi) is 7.76. The van der Waals surface area contributed by atoms with Crippen LogP contribution in [0.25, 0.3) is 0 Å². The highest BCUT2D eigenvalue weighted by Crippen LogP contribution is 2.16. The molecule has 28 heavy (non-hydrogen) atoms. The topological polar surface area (TPSA) is 45.2 Å². The predicted octanol–water partition coefficient (Wildman–Crippen LogP) is 5.52. The minimum absolute atomic E-state index is 0.201. The Morgan fingerprint density at radius 1 is 0.929 bits per heavy atom. The number of aromatic nitrogens is 1. The number of nitrogens with zero attached hydrogens (tertiary/aromatic N) is 2. The fraction of sp³-hybridized carbons (Fsp3) is 0.250. The summed E-state index contributed by atoms with van der Waals surface area (Å²) in [5, 5.41) is 2.80. The zero-order valence-electron chi connectivity index (χ0n) is 17.3. The van der Waals surface area contributed by atoms with E-state index in [0.717, 1.165) is 11.4 Å². The van der Waals surface area contributed by atoms with Crippen LogP contribution in [0.3, 0.4) is 0 Å². The Hall–Kier alpha value is -3.14. The number of carbonyl (C=O) groups excluding carboxylic acids is 1. The van der Waals surface area contributed by atoms with Crippen LogP contribution in [0.1, 0.15) is 41.4 Å². The molecule has 2 aromatic carbocycles. The van der Waals surface area contributed by atoms with E-state index in [9.17, 15) is 4.79 Å². The molecule has 3 rings (SSSR count). The van der Waals surface area contributed by atoms with Crippen molar-refractivity contribution < 1.29 is 4.79 Å². The number of anilines is 2. The number of nitrogens with one attached hydrogen (secondary N) is 1. The van der Waals surface area contributed by atoms with Crippen LogP contribution in [0.15, 0.2) is 72.9 Å². The SMILES string of the molecule is CN(C)c1ccc(NC(=O)c2ccccn2)cc1.Cc1ccc(C(C)C)cc1. The molecule has 0 saturated carbocycles. The highest BCUT2D eigenvalue weighted by Gasteiger charge is 2.06. The van der Waals surface area contributed by atoms with Gasteiger partial charge in [-0.15, -0.1) is 0 Å². The van der Waals surface area contributed by atoms with E-state index < -0.39 is 0 Å². The number of hydrogen-bond acceptors (Lipinski definition) is 3. The van der Waals surface area contributed by atoms with Gasteiger partial charge in [0.2, 0.25) is 0 Å².